The van der Waals surface area contributed by atoms with Gasteiger partial charge in [-0.1, -0.05) is 65.9 Å². The smallest absolute Gasteiger partial charge is 0.169 e. The molecule has 0 spiro atoms. The first-order chi connectivity index (χ1) is 12.9. The minimum Gasteiger partial charge on any atom is -0.486 e. The normalized spacial score (nSPS) is 15.9. The number of hydrogen-bond acceptors (Lipinski definition) is 4. The molecule has 0 bridgehead atoms. The Morgan fingerprint density at radius 1 is 0.962 bits per heavy atom. The summed E-state index contributed by atoms with van der Waals surface area (Å²) in [5.41, 5.74) is 1.91. The van der Waals surface area contributed by atoms with Gasteiger partial charge in [0.1, 0.15) is 12.3 Å². The molecule has 26 heavy (non-hydrogen) atoms. The SMILES string of the molecule is c1ccc(-c2cn(CC3COc4ccc5ccccc5c4O3)nn2)cc1. The molecule has 128 valence electrons. The van der Waals surface area contributed by atoms with Crippen LogP contribution in [0, 0.1) is 0 Å². The summed E-state index contributed by atoms with van der Waals surface area (Å²) in [6.07, 6.45) is 1.83. The fourth-order valence-corrected chi connectivity index (χ4v) is 3.27. The predicted octanol–water partition coefficient (Wildman–Crippen LogP) is 3.94. The summed E-state index contributed by atoms with van der Waals surface area (Å²) in [5.74, 6) is 1.60. The molecule has 0 radical (unpaired) electrons. The molecule has 3 aromatic carbocycles. The lowest BCUT2D eigenvalue weighted by molar-refractivity contribution is 0.0774. The van der Waals surface area contributed by atoms with Crippen LogP contribution in [0.4, 0.5) is 0 Å². The average Bonchev–Trinajstić information content (AvgIpc) is 3.17. The van der Waals surface area contributed by atoms with Crippen molar-refractivity contribution in [3.05, 3.63) is 72.9 Å². The fraction of sp³-hybridized carbons (Fsp3) is 0.143. The average molecular weight is 343 g/mol. The van der Waals surface area contributed by atoms with E-state index in [1.54, 1.807) is 0 Å². The van der Waals surface area contributed by atoms with Crippen molar-refractivity contribution < 1.29 is 9.47 Å². The second-order valence-corrected chi connectivity index (χ2v) is 6.36. The van der Waals surface area contributed by atoms with Gasteiger partial charge in [0.05, 0.1) is 12.7 Å². The molecule has 1 atom stereocenters. The summed E-state index contributed by atoms with van der Waals surface area (Å²) < 4.78 is 14.0. The first-order valence-corrected chi connectivity index (χ1v) is 8.63. The first kappa shape index (κ1) is 15.0. The van der Waals surface area contributed by atoms with E-state index < -0.39 is 0 Å². The third-order valence-electron chi connectivity index (χ3n) is 4.55. The number of ether oxygens (including phenoxy) is 2. The molecule has 4 aromatic rings. The van der Waals surface area contributed by atoms with E-state index in [4.69, 9.17) is 9.47 Å². The molecule has 5 heteroatoms. The molecular formula is C21H17N3O2. The van der Waals surface area contributed by atoms with E-state index in [9.17, 15) is 0 Å². The van der Waals surface area contributed by atoms with Crippen molar-refractivity contribution in [2.75, 3.05) is 6.61 Å². The molecule has 0 N–H and O–H groups in total. The Bertz CT molecular complexity index is 1060. The van der Waals surface area contributed by atoms with E-state index in [0.29, 0.717) is 13.2 Å². The van der Waals surface area contributed by atoms with Crippen molar-refractivity contribution in [2.24, 2.45) is 0 Å². The van der Waals surface area contributed by atoms with E-state index in [1.165, 1.54) is 0 Å². The molecule has 0 saturated carbocycles. The van der Waals surface area contributed by atoms with E-state index in [-0.39, 0.29) is 6.10 Å². The van der Waals surface area contributed by atoms with Crippen LogP contribution in [0.1, 0.15) is 0 Å². The highest BCUT2D eigenvalue weighted by Crippen LogP contribution is 2.38. The van der Waals surface area contributed by atoms with Crippen LogP contribution >= 0.6 is 0 Å². The summed E-state index contributed by atoms with van der Waals surface area (Å²) in [6.45, 7) is 1.08. The van der Waals surface area contributed by atoms with Gasteiger partial charge < -0.3 is 9.47 Å². The minimum atomic E-state index is -0.112. The van der Waals surface area contributed by atoms with Gasteiger partial charge in [-0.3, -0.25) is 0 Å². The summed E-state index contributed by atoms with van der Waals surface area (Å²) in [5, 5.41) is 10.7. The first-order valence-electron chi connectivity index (χ1n) is 8.63. The zero-order valence-electron chi connectivity index (χ0n) is 14.1. The monoisotopic (exact) mass is 343 g/mol. The summed E-state index contributed by atoms with van der Waals surface area (Å²) in [6, 6.07) is 22.2. The highest BCUT2D eigenvalue weighted by Gasteiger charge is 2.23. The molecular weight excluding hydrogens is 326 g/mol. The lowest BCUT2D eigenvalue weighted by Gasteiger charge is -2.27. The molecule has 0 saturated heterocycles. The second kappa shape index (κ2) is 6.19. The van der Waals surface area contributed by atoms with Crippen LogP contribution in [0.25, 0.3) is 22.0 Å². The van der Waals surface area contributed by atoms with Gasteiger partial charge in [-0.2, -0.15) is 0 Å². The second-order valence-electron chi connectivity index (χ2n) is 6.36. The number of hydrogen-bond donors (Lipinski definition) is 0. The van der Waals surface area contributed by atoms with E-state index in [0.717, 1.165) is 33.5 Å². The number of benzene rings is 3. The molecule has 1 aliphatic heterocycles. The Labute approximate surface area is 150 Å². The minimum absolute atomic E-state index is 0.112. The Morgan fingerprint density at radius 2 is 1.81 bits per heavy atom. The van der Waals surface area contributed by atoms with Gasteiger partial charge in [0.25, 0.3) is 0 Å². The van der Waals surface area contributed by atoms with Gasteiger partial charge >= 0.3 is 0 Å². The maximum absolute atomic E-state index is 6.25. The molecule has 0 amide bonds. The zero-order chi connectivity index (χ0) is 17.3. The molecule has 5 rings (SSSR count). The van der Waals surface area contributed by atoms with E-state index >= 15 is 0 Å². The van der Waals surface area contributed by atoms with Crippen molar-refractivity contribution in [1.82, 2.24) is 15.0 Å². The lowest BCUT2D eigenvalue weighted by Crippen LogP contribution is -2.33. The lowest BCUT2D eigenvalue weighted by atomic mass is 10.1. The van der Waals surface area contributed by atoms with Crippen LogP contribution in [-0.2, 0) is 6.54 Å². The van der Waals surface area contributed by atoms with Gasteiger partial charge in [-0.05, 0) is 11.5 Å². The Hall–Kier alpha value is -3.34. The third kappa shape index (κ3) is 2.67. The number of nitrogens with zero attached hydrogens (tertiary/aromatic N) is 3. The van der Waals surface area contributed by atoms with Crippen LogP contribution < -0.4 is 9.47 Å². The van der Waals surface area contributed by atoms with Gasteiger partial charge in [-0.25, -0.2) is 4.68 Å². The molecule has 2 heterocycles. The van der Waals surface area contributed by atoms with Crippen molar-refractivity contribution in [3.63, 3.8) is 0 Å². The summed E-state index contributed by atoms with van der Waals surface area (Å²) in [7, 11) is 0. The summed E-state index contributed by atoms with van der Waals surface area (Å²) >= 11 is 0. The van der Waals surface area contributed by atoms with Crippen molar-refractivity contribution in [2.45, 2.75) is 12.6 Å². The highest BCUT2D eigenvalue weighted by atomic mass is 16.6. The highest BCUT2D eigenvalue weighted by molar-refractivity contribution is 5.90. The fourth-order valence-electron chi connectivity index (χ4n) is 3.27. The van der Waals surface area contributed by atoms with Crippen LogP contribution in [0.2, 0.25) is 0 Å². The van der Waals surface area contributed by atoms with Crippen molar-refractivity contribution in [1.29, 1.82) is 0 Å². The molecule has 5 nitrogen and oxygen atoms in total. The van der Waals surface area contributed by atoms with Gasteiger partial charge in [0, 0.05) is 10.9 Å². The van der Waals surface area contributed by atoms with Gasteiger partial charge in [0.2, 0.25) is 0 Å². The molecule has 1 aromatic heterocycles. The Kier molecular flexibility index (Phi) is 3.56. The van der Waals surface area contributed by atoms with Crippen LogP contribution in [0.15, 0.2) is 72.9 Å². The Morgan fingerprint density at radius 3 is 2.73 bits per heavy atom. The maximum Gasteiger partial charge on any atom is 0.169 e. The molecule has 1 aliphatic rings. The molecule has 0 aliphatic carbocycles. The quantitative estimate of drug-likeness (QED) is 0.565. The largest absolute Gasteiger partial charge is 0.486 e. The summed E-state index contributed by atoms with van der Waals surface area (Å²) in [4.78, 5) is 0. The van der Waals surface area contributed by atoms with Crippen molar-refractivity contribution >= 4 is 10.8 Å². The Balaban J connectivity index is 1.39. The van der Waals surface area contributed by atoms with Crippen LogP contribution in [-0.4, -0.2) is 27.7 Å². The van der Waals surface area contributed by atoms with Gasteiger partial charge in [0.15, 0.2) is 17.6 Å². The van der Waals surface area contributed by atoms with Crippen LogP contribution in [0.3, 0.4) is 0 Å². The van der Waals surface area contributed by atoms with E-state index in [1.807, 2.05) is 59.4 Å². The predicted molar refractivity (Wildman–Crippen MR) is 99.3 cm³/mol. The number of fused-ring (bicyclic) bond motifs is 3. The molecule has 0 fully saturated rings. The van der Waals surface area contributed by atoms with Crippen LogP contribution in [0.5, 0.6) is 11.5 Å². The number of aromatic nitrogens is 3. The third-order valence-corrected chi connectivity index (χ3v) is 4.55. The zero-order valence-corrected chi connectivity index (χ0v) is 14.1. The topological polar surface area (TPSA) is 49.2 Å². The van der Waals surface area contributed by atoms with Gasteiger partial charge in [-0.15, -0.1) is 5.10 Å². The number of rotatable bonds is 3. The maximum atomic E-state index is 6.25. The molecule has 1 unspecified atom stereocenters. The standard InChI is InChI=1S/C21H17N3O2/c1-2-7-16(8-3-1)19-13-24(23-22-19)12-17-14-25-20-11-10-15-6-4-5-9-18(15)21(20)26-17/h1-11,13,17H,12,14H2. The van der Waals surface area contributed by atoms with Crippen molar-refractivity contribution in [3.8, 4) is 22.8 Å². The van der Waals surface area contributed by atoms with E-state index in [2.05, 4.69) is 28.5 Å².